The molecule has 1 heterocycles. The number of rotatable bonds is 2. The molecule has 0 spiro atoms. The Labute approximate surface area is 77.3 Å². The second-order valence-corrected chi connectivity index (χ2v) is 4.37. The Morgan fingerprint density at radius 3 is 1.83 bits per heavy atom. The van der Waals surface area contributed by atoms with Crippen LogP contribution in [0.3, 0.4) is 0 Å². The summed E-state index contributed by atoms with van der Waals surface area (Å²) in [5.74, 6) is 0. The first-order valence-corrected chi connectivity index (χ1v) is 5.52. The third-order valence-corrected chi connectivity index (χ3v) is 3.88. The maximum absolute atomic E-state index is 9.89. The second kappa shape index (κ2) is 5.87. The van der Waals surface area contributed by atoms with Gasteiger partial charge in [-0.15, -0.1) is 0 Å². The molecule has 1 aliphatic rings. The Morgan fingerprint density at radius 1 is 1.08 bits per heavy atom. The molecular formula is C7H10N2O2Se. The van der Waals surface area contributed by atoms with Gasteiger partial charge in [0.2, 0.25) is 0 Å². The van der Waals surface area contributed by atoms with Crippen LogP contribution in [0.1, 0.15) is 7.43 Å². The van der Waals surface area contributed by atoms with Crippen molar-refractivity contribution in [3.05, 3.63) is 0 Å². The first-order valence-electron chi connectivity index (χ1n) is 3.10. The van der Waals surface area contributed by atoms with Crippen LogP contribution in [0.4, 0.5) is 0 Å². The summed E-state index contributed by atoms with van der Waals surface area (Å²) in [5, 5.41) is 1.77. The van der Waals surface area contributed by atoms with Gasteiger partial charge in [0.05, 0.1) is 0 Å². The van der Waals surface area contributed by atoms with E-state index in [9.17, 15) is 9.59 Å². The molecule has 66 valence electrons. The zero-order chi connectivity index (χ0) is 8.10. The predicted molar refractivity (Wildman–Crippen MR) is 45.9 cm³/mol. The maximum atomic E-state index is 9.89. The number of aliphatic imine (C=N–C) groups is 2. The Balaban J connectivity index is 0.00000121. The van der Waals surface area contributed by atoms with E-state index >= 15 is 0 Å². The van der Waals surface area contributed by atoms with Crippen molar-refractivity contribution < 1.29 is 9.59 Å². The van der Waals surface area contributed by atoms with Gasteiger partial charge >= 0.3 is 69.4 Å². The molecular weight excluding hydrogens is 223 g/mol. The fourth-order valence-electron chi connectivity index (χ4n) is 0.914. The van der Waals surface area contributed by atoms with E-state index < -0.39 is 0 Å². The molecule has 0 saturated carbocycles. The molecule has 0 aliphatic carbocycles. The molecule has 1 saturated heterocycles. The Morgan fingerprint density at radius 2 is 1.50 bits per heavy atom. The topological polar surface area (TPSA) is 58.9 Å². The third-order valence-electron chi connectivity index (χ3n) is 1.46. The number of isocyanates is 2. The molecule has 2 unspecified atom stereocenters. The summed E-state index contributed by atoms with van der Waals surface area (Å²) in [5.41, 5.74) is 0. The Kier molecular flexibility index (Phi) is 5.52. The van der Waals surface area contributed by atoms with Gasteiger partial charge in [-0.3, -0.25) is 0 Å². The van der Waals surface area contributed by atoms with E-state index in [0.717, 1.165) is 10.6 Å². The van der Waals surface area contributed by atoms with Crippen LogP contribution in [0.25, 0.3) is 0 Å². The van der Waals surface area contributed by atoms with Crippen LogP contribution in [-0.2, 0) is 9.59 Å². The van der Waals surface area contributed by atoms with E-state index in [1.165, 1.54) is 12.2 Å². The van der Waals surface area contributed by atoms with Crippen LogP contribution < -0.4 is 0 Å². The molecule has 1 rings (SSSR count). The van der Waals surface area contributed by atoms with Crippen molar-refractivity contribution in [3.8, 4) is 0 Å². The summed E-state index contributed by atoms with van der Waals surface area (Å²) in [6.45, 7) is 0. The van der Waals surface area contributed by atoms with Gasteiger partial charge in [-0.2, -0.15) is 0 Å². The molecule has 0 aromatic rings. The molecule has 0 aromatic carbocycles. The number of nitrogens with zero attached hydrogens (tertiary/aromatic N) is 2. The minimum atomic E-state index is -0.103. The van der Waals surface area contributed by atoms with Crippen molar-refractivity contribution >= 4 is 27.1 Å². The van der Waals surface area contributed by atoms with Crippen LogP contribution >= 0.6 is 0 Å². The summed E-state index contributed by atoms with van der Waals surface area (Å²) in [6.07, 6.45) is 2.99. The summed E-state index contributed by atoms with van der Waals surface area (Å²) in [4.78, 5) is 26.9. The van der Waals surface area contributed by atoms with E-state index in [4.69, 9.17) is 0 Å². The van der Waals surface area contributed by atoms with Gasteiger partial charge in [0.15, 0.2) is 0 Å². The van der Waals surface area contributed by atoms with Gasteiger partial charge in [0.25, 0.3) is 0 Å². The molecule has 5 heteroatoms. The third kappa shape index (κ3) is 2.72. The second-order valence-electron chi connectivity index (χ2n) is 2.11. The summed E-state index contributed by atoms with van der Waals surface area (Å²) in [7, 11) is 0. The Hall–Kier alpha value is -0.721. The van der Waals surface area contributed by atoms with Crippen LogP contribution in [0.2, 0.25) is 10.6 Å². The summed E-state index contributed by atoms with van der Waals surface area (Å²) >= 11 is 0.468. The number of hydrogen-bond acceptors (Lipinski definition) is 4. The van der Waals surface area contributed by atoms with Gasteiger partial charge in [-0.25, -0.2) is 0 Å². The quantitative estimate of drug-likeness (QED) is 0.398. The van der Waals surface area contributed by atoms with E-state index in [1.807, 2.05) is 0 Å². The van der Waals surface area contributed by atoms with Crippen molar-refractivity contribution in [2.45, 2.75) is 30.1 Å². The van der Waals surface area contributed by atoms with Crippen LogP contribution in [0, 0.1) is 0 Å². The van der Waals surface area contributed by atoms with Crippen molar-refractivity contribution in [2.75, 3.05) is 0 Å². The van der Waals surface area contributed by atoms with Crippen molar-refractivity contribution in [3.63, 3.8) is 0 Å². The predicted octanol–water partition coefficient (Wildman–Crippen LogP) is 0.586. The summed E-state index contributed by atoms with van der Waals surface area (Å²) in [6, 6.07) is -0.206. The molecule has 2 atom stereocenters. The van der Waals surface area contributed by atoms with Gasteiger partial charge < -0.3 is 0 Å². The van der Waals surface area contributed by atoms with Gasteiger partial charge in [0.1, 0.15) is 0 Å². The molecule has 1 aliphatic heterocycles. The normalized spacial score (nSPS) is 26.3. The van der Waals surface area contributed by atoms with E-state index in [2.05, 4.69) is 9.98 Å². The molecule has 0 radical (unpaired) electrons. The zero-order valence-corrected chi connectivity index (χ0v) is 7.40. The van der Waals surface area contributed by atoms with E-state index in [0.29, 0.717) is 15.0 Å². The van der Waals surface area contributed by atoms with Crippen molar-refractivity contribution in [1.82, 2.24) is 0 Å². The minimum absolute atomic E-state index is 0. The van der Waals surface area contributed by atoms with Crippen LogP contribution in [0.5, 0.6) is 0 Å². The molecule has 4 nitrogen and oxygen atoms in total. The van der Waals surface area contributed by atoms with Gasteiger partial charge in [-0.1, -0.05) is 7.43 Å². The molecule has 0 N–H and O–H groups in total. The zero-order valence-electron chi connectivity index (χ0n) is 5.69. The first-order chi connectivity index (χ1) is 5.38. The number of carbonyl (C=O) groups excluding carboxylic acids is 2. The average molecular weight is 233 g/mol. The van der Waals surface area contributed by atoms with E-state index in [1.54, 1.807) is 0 Å². The molecule has 0 amide bonds. The fourth-order valence-corrected chi connectivity index (χ4v) is 3.46. The summed E-state index contributed by atoms with van der Waals surface area (Å²) < 4.78 is 0. The van der Waals surface area contributed by atoms with Gasteiger partial charge in [-0.05, 0) is 0 Å². The Bertz CT molecular complexity index is 208. The first kappa shape index (κ1) is 11.3. The molecule has 0 bridgehead atoms. The average Bonchev–Trinajstić information content (AvgIpc) is 2.39. The van der Waals surface area contributed by atoms with Crippen LogP contribution in [-0.4, -0.2) is 39.2 Å². The van der Waals surface area contributed by atoms with E-state index in [-0.39, 0.29) is 19.5 Å². The molecule has 12 heavy (non-hydrogen) atoms. The monoisotopic (exact) mass is 234 g/mol. The fraction of sp³-hybridized carbons (Fsp3) is 0.714. The van der Waals surface area contributed by atoms with Crippen molar-refractivity contribution in [1.29, 1.82) is 0 Å². The van der Waals surface area contributed by atoms with Crippen LogP contribution in [0.15, 0.2) is 9.98 Å². The van der Waals surface area contributed by atoms with Gasteiger partial charge in [0, 0.05) is 0 Å². The van der Waals surface area contributed by atoms with Crippen molar-refractivity contribution in [2.24, 2.45) is 9.98 Å². The number of hydrogen-bond donors (Lipinski definition) is 0. The SMILES string of the molecule is C.O=C=NC1C[Se]CC1N=C=O. The molecule has 0 aromatic heterocycles. The molecule has 1 fully saturated rings. The standard InChI is InChI=1S/C6H6N2O2Se.CH4/c9-3-7-5-1-11-2-6(5)8-4-10;/h5-6H,1-2H2;1H4.